The second-order valence-corrected chi connectivity index (χ2v) is 6.15. The molecule has 1 aromatic heterocycles. The van der Waals surface area contributed by atoms with E-state index >= 15 is 0 Å². The smallest absolute Gasteiger partial charge is 0.0971 e. The predicted octanol–water partition coefficient (Wildman–Crippen LogP) is 4.03. The highest BCUT2D eigenvalue weighted by Crippen LogP contribution is 2.28. The number of thiazole rings is 1. The van der Waals surface area contributed by atoms with E-state index in [1.807, 2.05) is 23.6 Å². The number of rotatable bonds is 2. The summed E-state index contributed by atoms with van der Waals surface area (Å²) in [6.45, 7) is 6.69. The van der Waals surface area contributed by atoms with Gasteiger partial charge in [-0.25, -0.2) is 4.98 Å². The molecule has 0 spiro atoms. The first-order valence-corrected chi connectivity index (χ1v) is 6.36. The molecule has 1 nitrogen and oxygen atoms in total. The van der Waals surface area contributed by atoms with Gasteiger partial charge in [-0.2, -0.15) is 0 Å². The standard InChI is InChI=1S/C14H17NS/c1-14(2,3)12-10-15-13(16-12)9-11-7-5-4-6-8-11/h4-8,10H,9H2,1-3H3. The van der Waals surface area contributed by atoms with Crippen LogP contribution in [0.25, 0.3) is 0 Å². The van der Waals surface area contributed by atoms with Crippen molar-refractivity contribution >= 4 is 11.3 Å². The molecule has 2 aromatic rings. The van der Waals surface area contributed by atoms with Crippen LogP contribution >= 0.6 is 11.3 Å². The molecule has 0 unspecified atom stereocenters. The average Bonchev–Trinajstić information content (AvgIpc) is 2.67. The van der Waals surface area contributed by atoms with E-state index in [1.54, 1.807) is 0 Å². The van der Waals surface area contributed by atoms with Crippen LogP contribution in [0.3, 0.4) is 0 Å². The fraction of sp³-hybridized carbons (Fsp3) is 0.357. The normalized spacial score (nSPS) is 11.7. The maximum atomic E-state index is 4.50. The Morgan fingerprint density at radius 2 is 1.81 bits per heavy atom. The molecule has 1 aromatic carbocycles. The molecule has 0 saturated carbocycles. The summed E-state index contributed by atoms with van der Waals surface area (Å²) in [5.41, 5.74) is 1.55. The van der Waals surface area contributed by atoms with Gasteiger partial charge < -0.3 is 0 Å². The van der Waals surface area contributed by atoms with Crippen LogP contribution in [0.2, 0.25) is 0 Å². The lowest BCUT2D eigenvalue weighted by Gasteiger charge is -2.14. The van der Waals surface area contributed by atoms with E-state index in [0.717, 1.165) is 6.42 Å². The lowest BCUT2D eigenvalue weighted by molar-refractivity contribution is 0.602. The van der Waals surface area contributed by atoms with Gasteiger partial charge in [0.2, 0.25) is 0 Å². The summed E-state index contributed by atoms with van der Waals surface area (Å²) in [6.07, 6.45) is 2.96. The first kappa shape index (κ1) is 11.3. The highest BCUT2D eigenvalue weighted by molar-refractivity contribution is 7.11. The molecule has 0 atom stereocenters. The molecule has 0 radical (unpaired) electrons. The highest BCUT2D eigenvalue weighted by atomic mass is 32.1. The summed E-state index contributed by atoms with van der Waals surface area (Å²) >= 11 is 1.82. The van der Waals surface area contributed by atoms with Crippen molar-refractivity contribution in [2.45, 2.75) is 32.6 Å². The largest absolute Gasteiger partial charge is 0.249 e. The van der Waals surface area contributed by atoms with Gasteiger partial charge in [0, 0.05) is 17.5 Å². The van der Waals surface area contributed by atoms with Crippen LogP contribution in [0.4, 0.5) is 0 Å². The number of benzene rings is 1. The maximum absolute atomic E-state index is 4.50. The lowest BCUT2D eigenvalue weighted by atomic mass is 9.96. The van der Waals surface area contributed by atoms with Crippen LogP contribution in [0.15, 0.2) is 36.5 Å². The molecule has 2 rings (SSSR count). The van der Waals surface area contributed by atoms with Gasteiger partial charge in [-0.3, -0.25) is 0 Å². The molecule has 0 aliphatic heterocycles. The van der Waals surface area contributed by atoms with Crippen molar-refractivity contribution in [3.05, 3.63) is 52.0 Å². The minimum atomic E-state index is 0.215. The van der Waals surface area contributed by atoms with Crippen molar-refractivity contribution in [3.8, 4) is 0 Å². The molecule has 0 fully saturated rings. The van der Waals surface area contributed by atoms with E-state index in [4.69, 9.17) is 0 Å². The molecule has 0 aliphatic carbocycles. The van der Waals surface area contributed by atoms with Crippen molar-refractivity contribution in [2.75, 3.05) is 0 Å². The Morgan fingerprint density at radius 1 is 1.12 bits per heavy atom. The Kier molecular flexibility index (Phi) is 3.10. The topological polar surface area (TPSA) is 12.9 Å². The van der Waals surface area contributed by atoms with Gasteiger partial charge in [0.15, 0.2) is 0 Å². The van der Waals surface area contributed by atoms with Gasteiger partial charge in [-0.15, -0.1) is 11.3 Å². The minimum absolute atomic E-state index is 0.215. The van der Waals surface area contributed by atoms with Crippen LogP contribution < -0.4 is 0 Å². The third-order valence-electron chi connectivity index (χ3n) is 2.49. The molecule has 0 saturated heterocycles. The van der Waals surface area contributed by atoms with Gasteiger partial charge in [-0.1, -0.05) is 51.1 Å². The van der Waals surface area contributed by atoms with Crippen LogP contribution in [-0.2, 0) is 11.8 Å². The first-order chi connectivity index (χ1) is 7.55. The summed E-state index contributed by atoms with van der Waals surface area (Å²) in [5.74, 6) is 0. The SMILES string of the molecule is CC(C)(C)c1cnc(Cc2ccccc2)s1. The third-order valence-corrected chi connectivity index (χ3v) is 3.91. The second kappa shape index (κ2) is 4.38. The van der Waals surface area contributed by atoms with E-state index in [9.17, 15) is 0 Å². The molecular weight excluding hydrogens is 214 g/mol. The van der Waals surface area contributed by atoms with Crippen molar-refractivity contribution < 1.29 is 0 Å². The Balaban J connectivity index is 2.15. The van der Waals surface area contributed by atoms with E-state index in [-0.39, 0.29) is 5.41 Å². The van der Waals surface area contributed by atoms with Crippen molar-refractivity contribution in [1.82, 2.24) is 4.98 Å². The quantitative estimate of drug-likeness (QED) is 0.760. The zero-order valence-corrected chi connectivity index (χ0v) is 10.8. The van der Waals surface area contributed by atoms with E-state index in [0.29, 0.717) is 0 Å². The second-order valence-electron chi connectivity index (χ2n) is 5.03. The number of aromatic nitrogens is 1. The monoisotopic (exact) mass is 231 g/mol. The van der Waals surface area contributed by atoms with Gasteiger partial charge >= 0.3 is 0 Å². The zero-order valence-electron chi connectivity index (χ0n) is 10.0. The summed E-state index contributed by atoms with van der Waals surface area (Å²) < 4.78 is 0. The van der Waals surface area contributed by atoms with E-state index in [2.05, 4.69) is 50.0 Å². The predicted molar refractivity (Wildman–Crippen MR) is 70.1 cm³/mol. The Bertz CT molecular complexity index is 451. The van der Waals surface area contributed by atoms with Crippen LogP contribution in [0, 0.1) is 0 Å². The number of hydrogen-bond acceptors (Lipinski definition) is 2. The molecule has 84 valence electrons. The lowest BCUT2D eigenvalue weighted by Crippen LogP contribution is -2.07. The Labute approximate surface area is 101 Å². The molecule has 0 aliphatic rings. The van der Waals surface area contributed by atoms with Gasteiger partial charge in [0.1, 0.15) is 0 Å². The molecule has 2 heteroatoms. The highest BCUT2D eigenvalue weighted by Gasteiger charge is 2.16. The van der Waals surface area contributed by atoms with Crippen LogP contribution in [0.1, 0.15) is 36.2 Å². The molecule has 16 heavy (non-hydrogen) atoms. The molecule has 0 N–H and O–H groups in total. The van der Waals surface area contributed by atoms with Crippen molar-refractivity contribution in [3.63, 3.8) is 0 Å². The third kappa shape index (κ3) is 2.70. The van der Waals surface area contributed by atoms with Crippen molar-refractivity contribution in [1.29, 1.82) is 0 Å². The van der Waals surface area contributed by atoms with Gasteiger partial charge in [0.05, 0.1) is 5.01 Å². The van der Waals surface area contributed by atoms with Crippen LogP contribution in [-0.4, -0.2) is 4.98 Å². The first-order valence-electron chi connectivity index (χ1n) is 5.55. The molecule has 0 bridgehead atoms. The number of nitrogens with zero attached hydrogens (tertiary/aromatic N) is 1. The van der Waals surface area contributed by atoms with Crippen LogP contribution in [0.5, 0.6) is 0 Å². The minimum Gasteiger partial charge on any atom is -0.249 e. The fourth-order valence-electron chi connectivity index (χ4n) is 1.51. The summed E-state index contributed by atoms with van der Waals surface area (Å²) in [7, 11) is 0. The fourth-order valence-corrected chi connectivity index (χ4v) is 2.52. The zero-order chi connectivity index (χ0) is 11.6. The van der Waals surface area contributed by atoms with Gasteiger partial charge in [0.25, 0.3) is 0 Å². The average molecular weight is 231 g/mol. The summed E-state index contributed by atoms with van der Waals surface area (Å²) in [6, 6.07) is 10.5. The Morgan fingerprint density at radius 3 is 2.38 bits per heavy atom. The number of hydrogen-bond donors (Lipinski definition) is 0. The maximum Gasteiger partial charge on any atom is 0.0971 e. The van der Waals surface area contributed by atoms with Gasteiger partial charge in [-0.05, 0) is 11.0 Å². The van der Waals surface area contributed by atoms with E-state index < -0.39 is 0 Å². The summed E-state index contributed by atoms with van der Waals surface area (Å²) in [5, 5.41) is 1.20. The summed E-state index contributed by atoms with van der Waals surface area (Å²) in [4.78, 5) is 5.86. The molecule has 1 heterocycles. The molecule has 0 amide bonds. The van der Waals surface area contributed by atoms with E-state index in [1.165, 1.54) is 15.4 Å². The Hall–Kier alpha value is -1.15. The molecular formula is C14H17NS. The van der Waals surface area contributed by atoms with Crippen molar-refractivity contribution in [2.24, 2.45) is 0 Å².